The average Bonchev–Trinajstić information content (AvgIpc) is 2.43. The number of phenolic OH excluding ortho intramolecular Hbond substituents is 1. The van der Waals surface area contributed by atoms with Crippen LogP contribution in [0.1, 0.15) is 0 Å². The molecule has 0 aromatic heterocycles. The smallest absolute Gasteiger partial charge is 0.152 e. The van der Waals surface area contributed by atoms with Crippen LogP contribution >= 0.6 is 10.9 Å². The number of aromatic hydroxyl groups is 1. The van der Waals surface area contributed by atoms with E-state index in [1.165, 1.54) is 32.3 Å². The van der Waals surface area contributed by atoms with Crippen molar-refractivity contribution in [1.82, 2.24) is 0 Å². The Balaban J connectivity index is 3.00. The molecule has 0 amide bonds. The third kappa shape index (κ3) is 2.72. The molecule has 0 heterocycles. The maximum absolute atomic E-state index is 10.3. The first-order valence-corrected chi connectivity index (χ1v) is 7.50. The lowest BCUT2D eigenvalue weighted by Crippen LogP contribution is -1.97. The number of nitrogen functional groups attached to an aromatic ring is 1. The SMILES string of the molecule is CN=Nc1c(S(O)(O)O)cc2c(N=NC)c(N)ccc2c1O. The lowest BCUT2D eigenvalue weighted by atomic mass is 10.1. The van der Waals surface area contributed by atoms with Crippen LogP contribution in [-0.4, -0.2) is 32.9 Å². The molecule has 10 heteroatoms. The lowest BCUT2D eigenvalue weighted by Gasteiger charge is -2.22. The van der Waals surface area contributed by atoms with E-state index < -0.39 is 10.9 Å². The van der Waals surface area contributed by atoms with Gasteiger partial charge in [-0.25, -0.2) is 0 Å². The van der Waals surface area contributed by atoms with Crippen molar-refractivity contribution in [3.63, 3.8) is 0 Å². The second-order valence-electron chi connectivity index (χ2n) is 4.29. The fraction of sp³-hybridized carbons (Fsp3) is 0.167. The summed E-state index contributed by atoms with van der Waals surface area (Å²) in [6, 6.07) is 4.29. The molecule has 0 aliphatic heterocycles. The molecule has 9 nitrogen and oxygen atoms in total. The molecule has 118 valence electrons. The van der Waals surface area contributed by atoms with E-state index in [0.29, 0.717) is 10.8 Å². The summed E-state index contributed by atoms with van der Waals surface area (Å²) in [6.07, 6.45) is 0. The van der Waals surface area contributed by atoms with Crippen LogP contribution < -0.4 is 5.73 Å². The molecule has 0 bridgehead atoms. The Labute approximate surface area is 127 Å². The van der Waals surface area contributed by atoms with Crippen LogP contribution in [-0.2, 0) is 0 Å². The van der Waals surface area contributed by atoms with Crippen LogP contribution in [0.25, 0.3) is 10.8 Å². The second kappa shape index (κ2) is 5.85. The van der Waals surface area contributed by atoms with Gasteiger partial charge in [-0.3, -0.25) is 0 Å². The van der Waals surface area contributed by atoms with E-state index in [0.717, 1.165) is 0 Å². The highest BCUT2D eigenvalue weighted by Crippen LogP contribution is 2.55. The normalized spacial score (nSPS) is 13.5. The highest BCUT2D eigenvalue weighted by molar-refractivity contribution is 8.19. The van der Waals surface area contributed by atoms with E-state index in [2.05, 4.69) is 20.5 Å². The number of nitrogens with zero attached hydrogens (tertiary/aromatic N) is 4. The van der Waals surface area contributed by atoms with Gasteiger partial charge in [0.1, 0.15) is 22.2 Å². The Morgan fingerprint density at radius 3 is 2.09 bits per heavy atom. The van der Waals surface area contributed by atoms with Gasteiger partial charge in [0.25, 0.3) is 0 Å². The molecular weight excluding hydrogens is 310 g/mol. The van der Waals surface area contributed by atoms with E-state index in [4.69, 9.17) is 5.73 Å². The first kappa shape index (κ1) is 16.1. The monoisotopic (exact) mass is 325 g/mol. The molecule has 0 unspecified atom stereocenters. The van der Waals surface area contributed by atoms with Gasteiger partial charge in [0.05, 0.1) is 10.6 Å². The molecule has 0 fully saturated rings. The van der Waals surface area contributed by atoms with Crippen molar-refractivity contribution in [3.05, 3.63) is 18.2 Å². The van der Waals surface area contributed by atoms with Crippen molar-refractivity contribution in [1.29, 1.82) is 0 Å². The van der Waals surface area contributed by atoms with Gasteiger partial charge in [-0.1, -0.05) is 0 Å². The van der Waals surface area contributed by atoms with Crippen molar-refractivity contribution in [3.8, 4) is 5.75 Å². The van der Waals surface area contributed by atoms with Gasteiger partial charge in [-0.15, -0.1) is 0 Å². The summed E-state index contributed by atoms with van der Waals surface area (Å²) in [5.74, 6) is -0.375. The average molecular weight is 325 g/mol. The van der Waals surface area contributed by atoms with Gasteiger partial charge in [0.15, 0.2) is 5.75 Å². The zero-order chi connectivity index (χ0) is 16.5. The predicted octanol–water partition coefficient (Wildman–Crippen LogP) is 4.14. The highest BCUT2D eigenvalue weighted by Gasteiger charge is 2.26. The number of fused-ring (bicyclic) bond motifs is 1. The predicted molar refractivity (Wildman–Crippen MR) is 84.6 cm³/mol. The number of anilines is 1. The van der Waals surface area contributed by atoms with Crippen LogP contribution in [0.15, 0.2) is 43.6 Å². The fourth-order valence-corrected chi connectivity index (χ4v) is 2.71. The minimum Gasteiger partial charge on any atom is -0.505 e. The maximum Gasteiger partial charge on any atom is 0.152 e. The summed E-state index contributed by atoms with van der Waals surface area (Å²) < 4.78 is 28.7. The van der Waals surface area contributed by atoms with Crippen LogP contribution in [0, 0.1) is 0 Å². The third-order valence-electron chi connectivity index (χ3n) is 2.93. The van der Waals surface area contributed by atoms with Crippen LogP contribution in [0.3, 0.4) is 0 Å². The quantitative estimate of drug-likeness (QED) is 0.423. The number of benzene rings is 2. The molecule has 0 aliphatic rings. The Bertz CT molecular complexity index is 785. The number of rotatable bonds is 3. The summed E-state index contributed by atoms with van der Waals surface area (Å²) in [7, 11) is -1.35. The van der Waals surface area contributed by atoms with E-state index >= 15 is 0 Å². The number of hydrogen-bond acceptors (Lipinski definition) is 9. The molecule has 0 saturated carbocycles. The zero-order valence-electron chi connectivity index (χ0n) is 11.8. The molecular formula is C12H15N5O4S. The minimum absolute atomic E-state index is 0.235. The van der Waals surface area contributed by atoms with Gasteiger partial charge < -0.3 is 24.5 Å². The van der Waals surface area contributed by atoms with Crippen LogP contribution in [0.4, 0.5) is 17.1 Å². The van der Waals surface area contributed by atoms with Crippen molar-refractivity contribution >= 4 is 38.7 Å². The molecule has 2 aromatic carbocycles. The molecule has 2 rings (SSSR count). The number of hydrogen-bond donors (Lipinski definition) is 5. The molecule has 2 aromatic rings. The Morgan fingerprint density at radius 1 is 0.955 bits per heavy atom. The van der Waals surface area contributed by atoms with Crippen LogP contribution in [0.5, 0.6) is 5.75 Å². The maximum atomic E-state index is 10.3. The van der Waals surface area contributed by atoms with E-state index in [9.17, 15) is 18.8 Å². The van der Waals surface area contributed by atoms with Gasteiger partial charge in [-0.2, -0.15) is 20.5 Å². The van der Waals surface area contributed by atoms with E-state index in [1.54, 1.807) is 0 Å². The minimum atomic E-state index is -4.14. The summed E-state index contributed by atoms with van der Waals surface area (Å²) in [5.41, 5.74) is 6.10. The van der Waals surface area contributed by atoms with Crippen molar-refractivity contribution in [2.24, 2.45) is 20.5 Å². The molecule has 0 saturated heterocycles. The summed E-state index contributed by atoms with van der Waals surface area (Å²) in [6.45, 7) is 0. The number of phenols is 1. The lowest BCUT2D eigenvalue weighted by molar-refractivity contribution is 0.375. The number of azo groups is 2. The molecule has 0 spiro atoms. The Morgan fingerprint density at radius 2 is 1.55 bits per heavy atom. The zero-order valence-corrected chi connectivity index (χ0v) is 12.6. The first-order chi connectivity index (χ1) is 10.3. The summed E-state index contributed by atoms with van der Waals surface area (Å²) in [4.78, 5) is -0.374. The Kier molecular flexibility index (Phi) is 4.28. The van der Waals surface area contributed by atoms with Crippen LogP contribution in [0.2, 0.25) is 0 Å². The molecule has 22 heavy (non-hydrogen) atoms. The summed E-state index contributed by atoms with van der Waals surface area (Å²) in [5, 5.41) is 25.6. The topological polar surface area (TPSA) is 156 Å². The van der Waals surface area contributed by atoms with Gasteiger partial charge in [0.2, 0.25) is 0 Å². The number of nitrogens with two attached hydrogens (primary N) is 1. The first-order valence-electron chi connectivity index (χ1n) is 5.99. The molecule has 0 atom stereocenters. The van der Waals surface area contributed by atoms with Gasteiger partial charge in [0, 0.05) is 24.9 Å². The van der Waals surface area contributed by atoms with Crippen molar-refractivity contribution in [2.75, 3.05) is 19.8 Å². The standard InChI is InChI=1S/C12H15N5O4S/c1-14-16-10-7-5-9(22(19,20)21)11(17-15-2)12(18)6(7)3-4-8(10)13/h3-5,18-21H,13H2,1-2H3. The molecule has 0 aliphatic carbocycles. The van der Waals surface area contributed by atoms with E-state index in [1.807, 2.05) is 0 Å². The van der Waals surface area contributed by atoms with E-state index in [-0.39, 0.29) is 27.7 Å². The molecule has 0 radical (unpaired) electrons. The van der Waals surface area contributed by atoms with Gasteiger partial charge in [-0.05, 0) is 18.2 Å². The summed E-state index contributed by atoms with van der Waals surface area (Å²) >= 11 is 0. The second-order valence-corrected chi connectivity index (χ2v) is 5.77. The molecule has 6 N–H and O–H groups in total. The van der Waals surface area contributed by atoms with Crippen molar-refractivity contribution < 1.29 is 18.8 Å². The third-order valence-corrected chi connectivity index (χ3v) is 3.83. The van der Waals surface area contributed by atoms with Gasteiger partial charge >= 0.3 is 0 Å². The fourth-order valence-electron chi connectivity index (χ4n) is 2.04. The van der Waals surface area contributed by atoms with Crippen molar-refractivity contribution in [2.45, 2.75) is 4.90 Å². The largest absolute Gasteiger partial charge is 0.505 e. The Hall–Kier alpha value is -2.27. The highest BCUT2D eigenvalue weighted by atomic mass is 32.3.